The molecule has 0 saturated carbocycles. The number of hydrogen-bond donors (Lipinski definition) is 1. The van der Waals surface area contributed by atoms with E-state index in [1.807, 2.05) is 0 Å². The van der Waals surface area contributed by atoms with Crippen molar-refractivity contribution in [3.8, 4) is 5.75 Å². The monoisotopic (exact) mass is 406 g/mol. The Labute approximate surface area is 166 Å². The predicted octanol–water partition coefficient (Wildman–Crippen LogP) is 5.70. The number of carbonyl (C=O) groups is 2. The molecule has 0 aliphatic carbocycles. The predicted molar refractivity (Wildman–Crippen MR) is 103 cm³/mol. The molecule has 0 aromatic heterocycles. The van der Waals surface area contributed by atoms with Crippen LogP contribution in [-0.4, -0.2) is 23.0 Å². The van der Waals surface area contributed by atoms with Crippen molar-refractivity contribution in [3.63, 3.8) is 0 Å². The minimum absolute atomic E-state index is 0.0894. The molecule has 0 fully saturated rings. The van der Waals surface area contributed by atoms with Crippen molar-refractivity contribution >= 4 is 17.8 Å². The molecule has 2 aromatic rings. The Bertz CT molecular complexity index is 973. The van der Waals surface area contributed by atoms with E-state index in [1.165, 1.54) is 24.3 Å². The van der Waals surface area contributed by atoms with Crippen LogP contribution in [0.5, 0.6) is 5.75 Å². The molecular formula is C22H21F3O4. The van der Waals surface area contributed by atoms with Gasteiger partial charge in [0.1, 0.15) is 5.75 Å². The fourth-order valence-corrected chi connectivity index (χ4v) is 3.04. The van der Waals surface area contributed by atoms with Gasteiger partial charge in [0, 0.05) is 16.7 Å². The highest BCUT2D eigenvalue weighted by Crippen LogP contribution is 2.34. The number of carboxylic acids is 1. The summed E-state index contributed by atoms with van der Waals surface area (Å²) < 4.78 is 45.2. The molecule has 0 saturated heterocycles. The van der Waals surface area contributed by atoms with Gasteiger partial charge in [-0.25, -0.2) is 4.79 Å². The van der Waals surface area contributed by atoms with Crippen molar-refractivity contribution in [2.45, 2.75) is 40.0 Å². The van der Waals surface area contributed by atoms with E-state index in [2.05, 4.69) is 0 Å². The summed E-state index contributed by atoms with van der Waals surface area (Å²) in [5.74, 6) is -1.65. The first-order chi connectivity index (χ1) is 13.4. The van der Waals surface area contributed by atoms with Crippen LogP contribution in [0, 0.1) is 13.8 Å². The molecule has 4 nitrogen and oxygen atoms in total. The average Bonchev–Trinajstić information content (AvgIpc) is 2.61. The zero-order valence-electron chi connectivity index (χ0n) is 16.4. The second-order valence-electron chi connectivity index (χ2n) is 6.82. The average molecular weight is 406 g/mol. The summed E-state index contributed by atoms with van der Waals surface area (Å²) in [6.45, 7) is 6.72. The number of allylic oxidation sites excluding steroid dienone is 1. The number of carboxylic acid groups (broad SMARTS) is 1. The van der Waals surface area contributed by atoms with E-state index in [1.54, 1.807) is 27.7 Å². The Morgan fingerprint density at radius 2 is 1.76 bits per heavy atom. The number of rotatable bonds is 6. The standard InChI is InChI=1S/C22H21F3O4/c1-12(2)29-20-14(4)19(21(27)28)13(3)11-15(20)9-10-18(26)16-7-5-6-8-17(16)22(23,24)25/h5-12H,1-4H3,(H,27,28). The second-order valence-corrected chi connectivity index (χ2v) is 6.82. The molecule has 0 radical (unpaired) electrons. The van der Waals surface area contributed by atoms with E-state index in [0.717, 1.165) is 18.2 Å². The van der Waals surface area contributed by atoms with E-state index < -0.39 is 29.1 Å². The molecule has 29 heavy (non-hydrogen) atoms. The number of carbonyl (C=O) groups excluding carboxylic acids is 1. The fourth-order valence-electron chi connectivity index (χ4n) is 3.04. The lowest BCUT2D eigenvalue weighted by molar-refractivity contribution is -0.137. The summed E-state index contributed by atoms with van der Waals surface area (Å²) in [6, 6.07) is 6.08. The van der Waals surface area contributed by atoms with Crippen LogP contribution >= 0.6 is 0 Å². The lowest BCUT2D eigenvalue weighted by Gasteiger charge is -2.18. The Morgan fingerprint density at radius 1 is 1.14 bits per heavy atom. The Balaban J connectivity index is 2.53. The first-order valence-corrected chi connectivity index (χ1v) is 8.86. The zero-order valence-corrected chi connectivity index (χ0v) is 16.4. The Morgan fingerprint density at radius 3 is 2.31 bits per heavy atom. The van der Waals surface area contributed by atoms with Gasteiger partial charge in [-0.3, -0.25) is 4.79 Å². The normalized spacial score (nSPS) is 11.9. The second kappa shape index (κ2) is 8.51. The SMILES string of the molecule is Cc1cc(C=CC(=O)c2ccccc2C(F)(F)F)c(OC(C)C)c(C)c1C(=O)O. The van der Waals surface area contributed by atoms with Crippen LogP contribution in [0.15, 0.2) is 36.4 Å². The van der Waals surface area contributed by atoms with Gasteiger partial charge in [-0.2, -0.15) is 13.2 Å². The molecule has 0 amide bonds. The van der Waals surface area contributed by atoms with Gasteiger partial charge in [-0.1, -0.05) is 18.2 Å². The largest absolute Gasteiger partial charge is 0.490 e. The maximum absolute atomic E-state index is 13.2. The molecule has 7 heteroatoms. The van der Waals surface area contributed by atoms with Crippen LogP contribution in [0.1, 0.15) is 56.8 Å². The summed E-state index contributed by atoms with van der Waals surface area (Å²) in [6.07, 6.45) is -2.54. The minimum Gasteiger partial charge on any atom is -0.490 e. The van der Waals surface area contributed by atoms with Crippen molar-refractivity contribution in [3.05, 3.63) is 69.8 Å². The van der Waals surface area contributed by atoms with Gasteiger partial charge in [-0.05, 0) is 57.5 Å². The third-order valence-electron chi connectivity index (χ3n) is 4.22. The van der Waals surface area contributed by atoms with Gasteiger partial charge in [-0.15, -0.1) is 0 Å². The van der Waals surface area contributed by atoms with E-state index in [-0.39, 0.29) is 17.4 Å². The summed E-state index contributed by atoms with van der Waals surface area (Å²) in [5, 5.41) is 9.44. The topological polar surface area (TPSA) is 63.6 Å². The van der Waals surface area contributed by atoms with Gasteiger partial charge in [0.15, 0.2) is 5.78 Å². The highest BCUT2D eigenvalue weighted by molar-refractivity contribution is 6.08. The molecule has 0 unspecified atom stereocenters. The van der Waals surface area contributed by atoms with E-state index in [0.29, 0.717) is 16.7 Å². The first-order valence-electron chi connectivity index (χ1n) is 8.86. The number of ketones is 1. The first kappa shape index (κ1) is 22.2. The maximum Gasteiger partial charge on any atom is 0.417 e. The van der Waals surface area contributed by atoms with Crippen molar-refractivity contribution < 1.29 is 32.6 Å². The molecule has 0 aliphatic rings. The van der Waals surface area contributed by atoms with Gasteiger partial charge in [0.25, 0.3) is 0 Å². The fraction of sp³-hybridized carbons (Fsp3) is 0.273. The number of ether oxygens (including phenoxy) is 1. The van der Waals surface area contributed by atoms with Gasteiger partial charge < -0.3 is 9.84 Å². The van der Waals surface area contributed by atoms with Crippen molar-refractivity contribution in [1.29, 1.82) is 0 Å². The summed E-state index contributed by atoms with van der Waals surface area (Å²) in [5.41, 5.74) is -0.133. The zero-order chi connectivity index (χ0) is 21.9. The van der Waals surface area contributed by atoms with E-state index in [9.17, 15) is 27.9 Å². The lowest BCUT2D eigenvalue weighted by Crippen LogP contribution is -2.12. The molecule has 0 atom stereocenters. The van der Waals surface area contributed by atoms with Crippen LogP contribution in [0.2, 0.25) is 0 Å². The van der Waals surface area contributed by atoms with Crippen molar-refractivity contribution in [2.24, 2.45) is 0 Å². The summed E-state index contributed by atoms with van der Waals surface area (Å²) >= 11 is 0. The minimum atomic E-state index is -4.65. The van der Waals surface area contributed by atoms with Crippen LogP contribution in [0.25, 0.3) is 6.08 Å². The highest BCUT2D eigenvalue weighted by atomic mass is 19.4. The number of alkyl halides is 3. The third kappa shape index (κ3) is 5.04. The third-order valence-corrected chi connectivity index (χ3v) is 4.22. The Kier molecular flexibility index (Phi) is 6.51. The number of aromatic carboxylic acids is 1. The quantitative estimate of drug-likeness (QED) is 0.493. The van der Waals surface area contributed by atoms with E-state index in [4.69, 9.17) is 4.74 Å². The molecule has 1 N–H and O–H groups in total. The maximum atomic E-state index is 13.2. The molecule has 2 rings (SSSR count). The summed E-state index contributed by atoms with van der Waals surface area (Å²) in [4.78, 5) is 24.0. The van der Waals surface area contributed by atoms with Crippen molar-refractivity contribution in [1.82, 2.24) is 0 Å². The molecule has 0 bridgehead atoms. The molecule has 0 spiro atoms. The van der Waals surface area contributed by atoms with Gasteiger partial charge in [0.05, 0.1) is 17.2 Å². The van der Waals surface area contributed by atoms with Gasteiger partial charge in [0.2, 0.25) is 0 Å². The van der Waals surface area contributed by atoms with Crippen LogP contribution < -0.4 is 4.74 Å². The van der Waals surface area contributed by atoms with Crippen molar-refractivity contribution in [2.75, 3.05) is 0 Å². The molecule has 2 aromatic carbocycles. The molecule has 154 valence electrons. The van der Waals surface area contributed by atoms with Gasteiger partial charge >= 0.3 is 12.1 Å². The highest BCUT2D eigenvalue weighted by Gasteiger charge is 2.34. The van der Waals surface area contributed by atoms with Crippen LogP contribution in [-0.2, 0) is 6.18 Å². The smallest absolute Gasteiger partial charge is 0.417 e. The van der Waals surface area contributed by atoms with Crippen LogP contribution in [0.3, 0.4) is 0 Å². The number of halogens is 3. The number of benzene rings is 2. The number of aryl methyl sites for hydroxylation is 1. The van der Waals surface area contributed by atoms with Crippen LogP contribution in [0.4, 0.5) is 13.2 Å². The van der Waals surface area contributed by atoms with E-state index >= 15 is 0 Å². The molecule has 0 heterocycles. The molecular weight excluding hydrogens is 385 g/mol. The number of hydrogen-bond acceptors (Lipinski definition) is 3. The summed E-state index contributed by atoms with van der Waals surface area (Å²) in [7, 11) is 0. The molecule has 0 aliphatic heterocycles. The lowest BCUT2D eigenvalue weighted by atomic mass is 9.96. The Hall–Kier alpha value is -3.09.